The zero-order valence-electron chi connectivity index (χ0n) is 20.4. The maximum atomic E-state index is 12.7. The van der Waals surface area contributed by atoms with Gasteiger partial charge in [0.2, 0.25) is 5.75 Å². The molecule has 0 aliphatic heterocycles. The van der Waals surface area contributed by atoms with Gasteiger partial charge in [-0.2, -0.15) is 0 Å². The van der Waals surface area contributed by atoms with Crippen LogP contribution in [0, 0.1) is 0 Å². The summed E-state index contributed by atoms with van der Waals surface area (Å²) < 4.78 is 21.7. The first-order chi connectivity index (χ1) is 16.0. The molecule has 1 heterocycles. The average molecular weight is 473 g/mol. The summed E-state index contributed by atoms with van der Waals surface area (Å²) in [6.07, 6.45) is 1.34. The van der Waals surface area contributed by atoms with Crippen molar-refractivity contribution in [2.75, 3.05) is 7.11 Å². The monoisotopic (exact) mass is 472 g/mol. The van der Waals surface area contributed by atoms with Crippen LogP contribution in [0.5, 0.6) is 11.5 Å². The summed E-state index contributed by atoms with van der Waals surface area (Å²) in [5, 5.41) is 2.52. The molecule has 1 N–H and O–H groups in total. The second kappa shape index (κ2) is 12.1. The largest absolute Gasteiger partial charge is 0.493 e. The highest BCUT2D eigenvalue weighted by Gasteiger charge is 2.28. The van der Waals surface area contributed by atoms with E-state index in [9.17, 15) is 14.4 Å². The Labute approximate surface area is 199 Å². The van der Waals surface area contributed by atoms with E-state index in [1.165, 1.54) is 33.2 Å². The average Bonchev–Trinajstić information content (AvgIpc) is 2.77. The number of nitrogens with one attached hydrogen (secondary N) is 1. The fourth-order valence-electron chi connectivity index (χ4n) is 3.27. The quantitative estimate of drug-likeness (QED) is 0.495. The lowest BCUT2D eigenvalue weighted by atomic mass is 10.0. The van der Waals surface area contributed by atoms with Gasteiger partial charge in [-0.1, -0.05) is 30.3 Å². The minimum atomic E-state index is -0.971. The van der Waals surface area contributed by atoms with Crippen molar-refractivity contribution < 1.29 is 33.3 Å². The fourth-order valence-corrected chi connectivity index (χ4v) is 3.27. The Morgan fingerprint density at radius 3 is 2.38 bits per heavy atom. The number of nitrogens with zero attached hydrogens (tertiary/aromatic N) is 1. The minimum absolute atomic E-state index is 0.124. The number of hydrogen-bond acceptors (Lipinski definition) is 8. The normalized spacial score (nSPS) is 12.9. The van der Waals surface area contributed by atoms with Crippen molar-refractivity contribution in [3.63, 3.8) is 0 Å². The van der Waals surface area contributed by atoms with Crippen molar-refractivity contribution in [3.8, 4) is 11.5 Å². The lowest BCUT2D eigenvalue weighted by molar-refractivity contribution is -0.154. The summed E-state index contributed by atoms with van der Waals surface area (Å²) in [6, 6.07) is 10.3. The molecule has 9 heteroatoms. The molecule has 2 aromatic rings. The minimum Gasteiger partial charge on any atom is -0.493 e. The van der Waals surface area contributed by atoms with E-state index < -0.39 is 35.6 Å². The molecule has 1 amide bonds. The Kier molecular flexibility index (Phi) is 9.56. The van der Waals surface area contributed by atoms with Crippen LogP contribution in [-0.2, 0) is 25.7 Å². The van der Waals surface area contributed by atoms with Gasteiger partial charge in [0.05, 0.1) is 19.3 Å². The van der Waals surface area contributed by atoms with Gasteiger partial charge >= 0.3 is 11.9 Å². The van der Waals surface area contributed by atoms with Crippen molar-refractivity contribution in [1.82, 2.24) is 10.3 Å². The highest BCUT2D eigenvalue weighted by atomic mass is 16.6. The number of rotatable bonds is 11. The predicted octanol–water partition coefficient (Wildman–Crippen LogP) is 3.45. The third-order valence-corrected chi connectivity index (χ3v) is 4.82. The third-order valence-electron chi connectivity index (χ3n) is 4.82. The molecule has 0 saturated heterocycles. The van der Waals surface area contributed by atoms with Crippen LogP contribution < -0.4 is 14.8 Å². The number of carbonyl (C=O) groups is 3. The van der Waals surface area contributed by atoms with Gasteiger partial charge in [0.15, 0.2) is 11.4 Å². The van der Waals surface area contributed by atoms with Gasteiger partial charge in [0, 0.05) is 25.6 Å². The molecular weight excluding hydrogens is 440 g/mol. The van der Waals surface area contributed by atoms with E-state index in [2.05, 4.69) is 10.3 Å². The molecule has 1 aromatic carbocycles. The highest BCUT2D eigenvalue weighted by Crippen LogP contribution is 2.29. The van der Waals surface area contributed by atoms with Crippen LogP contribution in [0.1, 0.15) is 57.1 Å². The predicted molar refractivity (Wildman–Crippen MR) is 125 cm³/mol. The SMILES string of the molecule is COc1ccnc(C(=O)N[C@@H](C)C(=O)O[C@@H](C)CC(C)(C)OCc2ccccc2)c1OC(C)=O. The zero-order valence-corrected chi connectivity index (χ0v) is 20.4. The first kappa shape index (κ1) is 26.8. The Hall–Kier alpha value is -3.46. The molecule has 0 unspecified atom stereocenters. The number of aromatic nitrogens is 1. The fraction of sp³-hybridized carbons (Fsp3) is 0.440. The number of benzene rings is 1. The summed E-state index contributed by atoms with van der Waals surface area (Å²) >= 11 is 0. The number of carbonyl (C=O) groups excluding carboxylic acids is 3. The molecule has 0 radical (unpaired) electrons. The second-order valence-corrected chi connectivity index (χ2v) is 8.47. The molecule has 1 aromatic heterocycles. The molecule has 0 fully saturated rings. The Balaban J connectivity index is 1.94. The van der Waals surface area contributed by atoms with E-state index in [4.69, 9.17) is 18.9 Å². The zero-order chi connectivity index (χ0) is 25.3. The number of esters is 2. The van der Waals surface area contributed by atoms with Gasteiger partial charge in [0.1, 0.15) is 12.1 Å². The van der Waals surface area contributed by atoms with Crippen molar-refractivity contribution in [2.45, 2.75) is 65.4 Å². The molecule has 2 rings (SSSR count). The van der Waals surface area contributed by atoms with Crippen molar-refractivity contribution in [1.29, 1.82) is 0 Å². The van der Waals surface area contributed by atoms with Gasteiger partial charge in [0.25, 0.3) is 5.91 Å². The number of ether oxygens (including phenoxy) is 4. The topological polar surface area (TPSA) is 113 Å². The van der Waals surface area contributed by atoms with Gasteiger partial charge in [-0.3, -0.25) is 9.59 Å². The van der Waals surface area contributed by atoms with Crippen LogP contribution in [0.2, 0.25) is 0 Å². The molecule has 0 aliphatic carbocycles. The lowest BCUT2D eigenvalue weighted by Crippen LogP contribution is -2.42. The molecular formula is C25H32N2O7. The van der Waals surface area contributed by atoms with E-state index >= 15 is 0 Å². The lowest BCUT2D eigenvalue weighted by Gasteiger charge is -2.29. The van der Waals surface area contributed by atoms with Crippen molar-refractivity contribution in [3.05, 3.63) is 53.9 Å². The van der Waals surface area contributed by atoms with Crippen LogP contribution in [0.15, 0.2) is 42.6 Å². The summed E-state index contributed by atoms with van der Waals surface area (Å²) in [6.45, 7) is 8.75. The highest BCUT2D eigenvalue weighted by molar-refractivity contribution is 5.98. The van der Waals surface area contributed by atoms with E-state index in [1.54, 1.807) is 6.92 Å². The Bertz CT molecular complexity index is 992. The number of hydrogen-bond donors (Lipinski definition) is 1. The van der Waals surface area contributed by atoms with Crippen LogP contribution in [-0.4, -0.2) is 47.7 Å². The molecule has 2 atom stereocenters. The molecule has 0 saturated carbocycles. The summed E-state index contributed by atoms with van der Waals surface area (Å²) in [7, 11) is 1.37. The van der Waals surface area contributed by atoms with Gasteiger partial charge in [-0.15, -0.1) is 0 Å². The summed E-state index contributed by atoms with van der Waals surface area (Å²) in [5.41, 5.74) is 0.333. The van der Waals surface area contributed by atoms with Crippen LogP contribution in [0.25, 0.3) is 0 Å². The Morgan fingerprint density at radius 2 is 1.76 bits per heavy atom. The Morgan fingerprint density at radius 1 is 1.09 bits per heavy atom. The first-order valence-electron chi connectivity index (χ1n) is 10.9. The van der Waals surface area contributed by atoms with Crippen molar-refractivity contribution >= 4 is 17.8 Å². The van der Waals surface area contributed by atoms with Crippen LogP contribution in [0.3, 0.4) is 0 Å². The van der Waals surface area contributed by atoms with Gasteiger partial charge in [-0.25, -0.2) is 9.78 Å². The molecule has 0 aliphatic rings. The molecule has 0 bridgehead atoms. The molecule has 0 spiro atoms. The third kappa shape index (κ3) is 8.15. The maximum absolute atomic E-state index is 12.7. The van der Waals surface area contributed by atoms with Gasteiger partial charge in [-0.05, 0) is 33.3 Å². The standard InChI is InChI=1S/C25H32N2O7/c1-16(14-25(4,5)32-15-19-10-8-7-9-11-19)33-24(30)17(2)27-23(29)21-22(34-18(3)28)20(31-6)12-13-26-21/h7-13,16-17H,14-15H2,1-6H3,(H,27,29)/t16-,17-/m0/s1. The van der Waals surface area contributed by atoms with E-state index in [0.29, 0.717) is 13.0 Å². The maximum Gasteiger partial charge on any atom is 0.328 e. The van der Waals surface area contributed by atoms with E-state index in [1.807, 2.05) is 44.2 Å². The number of amides is 1. The van der Waals surface area contributed by atoms with Crippen LogP contribution >= 0.6 is 0 Å². The van der Waals surface area contributed by atoms with Crippen LogP contribution in [0.4, 0.5) is 0 Å². The second-order valence-electron chi connectivity index (χ2n) is 8.47. The smallest absolute Gasteiger partial charge is 0.328 e. The van der Waals surface area contributed by atoms with E-state index in [-0.39, 0.29) is 17.2 Å². The van der Waals surface area contributed by atoms with Crippen molar-refractivity contribution in [2.24, 2.45) is 0 Å². The number of pyridine rings is 1. The molecule has 34 heavy (non-hydrogen) atoms. The molecule has 184 valence electrons. The number of methoxy groups -OCH3 is 1. The summed E-state index contributed by atoms with van der Waals surface area (Å²) in [5.74, 6) is -1.92. The molecule has 9 nitrogen and oxygen atoms in total. The summed E-state index contributed by atoms with van der Waals surface area (Å²) in [4.78, 5) is 40.7. The van der Waals surface area contributed by atoms with Gasteiger partial charge < -0.3 is 24.3 Å². The first-order valence-corrected chi connectivity index (χ1v) is 10.9. The van der Waals surface area contributed by atoms with E-state index in [0.717, 1.165) is 5.56 Å².